The van der Waals surface area contributed by atoms with Crippen molar-refractivity contribution in [3.63, 3.8) is 0 Å². The van der Waals surface area contributed by atoms with Crippen molar-refractivity contribution >= 4 is 0 Å². The van der Waals surface area contributed by atoms with E-state index in [9.17, 15) is 0 Å². The van der Waals surface area contributed by atoms with E-state index in [1.54, 1.807) is 0 Å². The molecule has 2 aliphatic rings. The molecule has 2 rings (SSSR count). The van der Waals surface area contributed by atoms with Crippen molar-refractivity contribution in [3.8, 4) is 0 Å². The van der Waals surface area contributed by atoms with E-state index in [1.807, 2.05) is 0 Å². The molecule has 0 bridgehead atoms. The number of hydrogen-bond acceptors (Lipinski definition) is 2. The Morgan fingerprint density at radius 2 is 1.42 bits per heavy atom. The average molecular weight is 266 g/mol. The molecule has 0 aromatic heterocycles. The van der Waals surface area contributed by atoms with Crippen LogP contribution in [0.2, 0.25) is 0 Å². The topological polar surface area (TPSA) is 6.48 Å². The van der Waals surface area contributed by atoms with Crippen molar-refractivity contribution in [3.05, 3.63) is 0 Å². The van der Waals surface area contributed by atoms with Gasteiger partial charge in [-0.1, -0.05) is 41.5 Å². The Labute approximate surface area is 120 Å². The smallest absolute Gasteiger partial charge is 0.0350 e. The van der Waals surface area contributed by atoms with Gasteiger partial charge in [-0.05, 0) is 42.7 Å². The fraction of sp³-hybridized carbons (Fsp3) is 1.00. The molecule has 0 saturated carbocycles. The normalized spacial score (nSPS) is 25.6. The lowest BCUT2D eigenvalue weighted by Gasteiger charge is -2.50. The van der Waals surface area contributed by atoms with Gasteiger partial charge in [-0.3, -0.25) is 9.80 Å². The Kier molecular flexibility index (Phi) is 4.32. The molecule has 0 N–H and O–H groups in total. The summed E-state index contributed by atoms with van der Waals surface area (Å²) in [5.41, 5.74) is 0.953. The van der Waals surface area contributed by atoms with Gasteiger partial charge in [0.2, 0.25) is 0 Å². The van der Waals surface area contributed by atoms with Gasteiger partial charge in [0.25, 0.3) is 0 Å². The van der Waals surface area contributed by atoms with Crippen molar-refractivity contribution < 1.29 is 0 Å². The summed E-state index contributed by atoms with van der Waals surface area (Å²) in [6, 6.07) is 0.850. The average Bonchev–Trinajstić information content (AvgIpc) is 2.20. The molecular formula is C17H34N2. The SMILES string of the molecule is CC(C)(C)CN1CC(N2CCC(C(C)(C)C)CC2)C1. The second kappa shape index (κ2) is 5.37. The fourth-order valence-corrected chi connectivity index (χ4v) is 3.70. The highest BCUT2D eigenvalue weighted by Crippen LogP contribution is 2.35. The number of likely N-dealkylation sites (tertiary alicyclic amines) is 2. The van der Waals surface area contributed by atoms with Gasteiger partial charge in [0, 0.05) is 25.7 Å². The minimum Gasteiger partial charge on any atom is -0.300 e. The van der Waals surface area contributed by atoms with Gasteiger partial charge in [-0.2, -0.15) is 0 Å². The summed E-state index contributed by atoms with van der Waals surface area (Å²) in [4.78, 5) is 5.38. The first-order valence-corrected chi connectivity index (χ1v) is 8.11. The van der Waals surface area contributed by atoms with Crippen LogP contribution in [0.4, 0.5) is 0 Å². The second-order valence-electron chi connectivity index (χ2n) is 9.08. The summed E-state index contributed by atoms with van der Waals surface area (Å²) >= 11 is 0. The molecule has 2 nitrogen and oxygen atoms in total. The molecule has 2 fully saturated rings. The van der Waals surface area contributed by atoms with Crippen LogP contribution in [-0.2, 0) is 0 Å². The lowest BCUT2D eigenvalue weighted by Crippen LogP contribution is -2.62. The Balaban J connectivity index is 1.70. The van der Waals surface area contributed by atoms with E-state index in [0.717, 1.165) is 12.0 Å². The van der Waals surface area contributed by atoms with E-state index in [4.69, 9.17) is 0 Å². The highest BCUT2D eigenvalue weighted by molar-refractivity contribution is 4.92. The zero-order chi connectivity index (χ0) is 14.3. The summed E-state index contributed by atoms with van der Waals surface area (Å²) in [7, 11) is 0. The maximum atomic E-state index is 2.75. The minimum atomic E-state index is 0.449. The largest absolute Gasteiger partial charge is 0.300 e. The summed E-state index contributed by atoms with van der Waals surface area (Å²) < 4.78 is 0. The van der Waals surface area contributed by atoms with E-state index in [0.29, 0.717) is 10.8 Å². The van der Waals surface area contributed by atoms with Crippen molar-refractivity contribution in [2.24, 2.45) is 16.7 Å². The van der Waals surface area contributed by atoms with Crippen LogP contribution in [0.3, 0.4) is 0 Å². The maximum Gasteiger partial charge on any atom is 0.0350 e. The Morgan fingerprint density at radius 1 is 0.895 bits per heavy atom. The van der Waals surface area contributed by atoms with E-state index in [-0.39, 0.29) is 0 Å². The molecule has 0 unspecified atom stereocenters. The van der Waals surface area contributed by atoms with E-state index in [1.165, 1.54) is 45.6 Å². The predicted octanol–water partition coefficient (Wildman–Crippen LogP) is 3.47. The monoisotopic (exact) mass is 266 g/mol. The van der Waals surface area contributed by atoms with Gasteiger partial charge in [0.1, 0.15) is 0 Å². The van der Waals surface area contributed by atoms with Crippen LogP contribution in [0.15, 0.2) is 0 Å². The molecule has 19 heavy (non-hydrogen) atoms. The van der Waals surface area contributed by atoms with Crippen LogP contribution in [0, 0.1) is 16.7 Å². The molecule has 2 heterocycles. The minimum absolute atomic E-state index is 0.449. The van der Waals surface area contributed by atoms with Crippen LogP contribution >= 0.6 is 0 Å². The molecule has 0 amide bonds. The Hall–Kier alpha value is -0.0800. The molecule has 2 saturated heterocycles. The summed E-state index contributed by atoms with van der Waals surface area (Å²) in [6.07, 6.45) is 2.80. The van der Waals surface area contributed by atoms with Crippen LogP contribution in [0.25, 0.3) is 0 Å². The van der Waals surface area contributed by atoms with Gasteiger partial charge in [0.15, 0.2) is 0 Å². The predicted molar refractivity (Wildman–Crippen MR) is 83.4 cm³/mol. The van der Waals surface area contributed by atoms with Crippen LogP contribution in [0.1, 0.15) is 54.4 Å². The lowest BCUT2D eigenvalue weighted by atomic mass is 9.75. The van der Waals surface area contributed by atoms with Crippen LogP contribution < -0.4 is 0 Å². The first-order valence-electron chi connectivity index (χ1n) is 8.11. The molecule has 2 aliphatic heterocycles. The lowest BCUT2D eigenvalue weighted by molar-refractivity contribution is -0.0111. The number of piperidine rings is 1. The summed E-state index contributed by atoms with van der Waals surface area (Å²) in [6.45, 7) is 20.8. The Morgan fingerprint density at radius 3 is 1.84 bits per heavy atom. The second-order valence-corrected chi connectivity index (χ2v) is 9.08. The highest BCUT2D eigenvalue weighted by Gasteiger charge is 2.37. The van der Waals surface area contributed by atoms with Gasteiger partial charge in [-0.25, -0.2) is 0 Å². The third kappa shape index (κ3) is 4.19. The number of rotatable bonds is 2. The first-order chi connectivity index (χ1) is 8.65. The van der Waals surface area contributed by atoms with Gasteiger partial charge in [0.05, 0.1) is 0 Å². The zero-order valence-electron chi connectivity index (χ0n) is 14.0. The first kappa shape index (κ1) is 15.3. The third-order valence-electron chi connectivity index (χ3n) is 4.91. The molecule has 0 atom stereocenters. The Bertz CT molecular complexity index is 283. The molecule has 0 aromatic carbocycles. The van der Waals surface area contributed by atoms with Crippen LogP contribution in [0.5, 0.6) is 0 Å². The van der Waals surface area contributed by atoms with Crippen molar-refractivity contribution in [1.29, 1.82) is 0 Å². The quantitative estimate of drug-likeness (QED) is 0.755. The molecule has 0 aromatic rings. The molecule has 0 radical (unpaired) electrons. The van der Waals surface area contributed by atoms with Crippen molar-refractivity contribution in [2.75, 3.05) is 32.7 Å². The fourth-order valence-electron chi connectivity index (χ4n) is 3.70. The molecule has 112 valence electrons. The standard InChI is InChI=1S/C17H34N2/c1-16(2,3)13-18-11-15(12-18)19-9-7-14(8-10-19)17(4,5)6/h14-15H,7-13H2,1-6H3. The highest BCUT2D eigenvalue weighted by atomic mass is 15.3. The van der Waals surface area contributed by atoms with Crippen molar-refractivity contribution in [1.82, 2.24) is 9.80 Å². The molecular weight excluding hydrogens is 232 g/mol. The maximum absolute atomic E-state index is 2.75. The van der Waals surface area contributed by atoms with Crippen LogP contribution in [-0.4, -0.2) is 48.6 Å². The van der Waals surface area contributed by atoms with Gasteiger partial charge in [-0.15, -0.1) is 0 Å². The zero-order valence-corrected chi connectivity index (χ0v) is 14.0. The van der Waals surface area contributed by atoms with Gasteiger partial charge < -0.3 is 0 Å². The summed E-state index contributed by atoms with van der Waals surface area (Å²) in [5, 5.41) is 0. The molecule has 2 heteroatoms. The third-order valence-corrected chi connectivity index (χ3v) is 4.91. The molecule has 0 aliphatic carbocycles. The van der Waals surface area contributed by atoms with E-state index in [2.05, 4.69) is 51.3 Å². The van der Waals surface area contributed by atoms with E-state index < -0.39 is 0 Å². The molecule has 0 spiro atoms. The van der Waals surface area contributed by atoms with Gasteiger partial charge >= 0.3 is 0 Å². The number of hydrogen-bond donors (Lipinski definition) is 0. The van der Waals surface area contributed by atoms with E-state index >= 15 is 0 Å². The summed E-state index contributed by atoms with van der Waals surface area (Å²) in [5.74, 6) is 0.925. The number of nitrogens with zero attached hydrogens (tertiary/aromatic N) is 2. The van der Waals surface area contributed by atoms with Crippen molar-refractivity contribution in [2.45, 2.75) is 60.4 Å².